The molecule has 0 spiro atoms. The van der Waals surface area contributed by atoms with Gasteiger partial charge in [-0.25, -0.2) is 4.68 Å². The monoisotopic (exact) mass is 341 g/mol. The highest BCUT2D eigenvalue weighted by Gasteiger charge is 2.12. The van der Waals surface area contributed by atoms with Gasteiger partial charge in [0.1, 0.15) is 4.47 Å². The van der Waals surface area contributed by atoms with E-state index in [0.717, 1.165) is 12.1 Å². The third-order valence-corrected chi connectivity index (χ3v) is 4.58. The third kappa shape index (κ3) is 3.25. The molecule has 0 saturated heterocycles. The van der Waals surface area contributed by atoms with Crippen molar-refractivity contribution in [3.05, 3.63) is 43.4 Å². The van der Waals surface area contributed by atoms with Gasteiger partial charge in [0, 0.05) is 11.4 Å². The van der Waals surface area contributed by atoms with E-state index in [1.54, 1.807) is 17.5 Å². The number of hydrogen-bond donors (Lipinski definition) is 1. The largest absolute Gasteiger partial charge is 0.375 e. The van der Waals surface area contributed by atoms with E-state index in [4.69, 9.17) is 0 Å². The van der Waals surface area contributed by atoms with Gasteiger partial charge in [-0.05, 0) is 40.7 Å². The molecular formula is C13H16BrN3OS. The van der Waals surface area contributed by atoms with Crippen LogP contribution in [-0.4, -0.2) is 9.78 Å². The molecule has 6 heteroatoms. The quantitative estimate of drug-likeness (QED) is 0.902. The summed E-state index contributed by atoms with van der Waals surface area (Å²) in [6.07, 6.45) is 2.59. The third-order valence-electron chi connectivity index (χ3n) is 2.76. The van der Waals surface area contributed by atoms with Crippen LogP contribution in [0.4, 0.5) is 5.69 Å². The minimum atomic E-state index is -0.0924. The Bertz CT molecular complexity index is 594. The van der Waals surface area contributed by atoms with Gasteiger partial charge in [-0.15, -0.1) is 11.3 Å². The van der Waals surface area contributed by atoms with E-state index in [1.807, 2.05) is 18.4 Å². The highest BCUT2D eigenvalue weighted by atomic mass is 79.9. The number of aryl methyl sites for hydroxylation is 1. The van der Waals surface area contributed by atoms with E-state index in [9.17, 15) is 4.79 Å². The van der Waals surface area contributed by atoms with Gasteiger partial charge < -0.3 is 5.32 Å². The van der Waals surface area contributed by atoms with Crippen molar-refractivity contribution < 1.29 is 0 Å². The lowest BCUT2D eigenvalue weighted by atomic mass is 10.2. The molecule has 2 heterocycles. The number of thiophene rings is 1. The Morgan fingerprint density at radius 3 is 3.00 bits per heavy atom. The summed E-state index contributed by atoms with van der Waals surface area (Å²) in [5.41, 5.74) is 0.642. The molecule has 102 valence electrons. The summed E-state index contributed by atoms with van der Waals surface area (Å²) in [5, 5.41) is 9.53. The van der Waals surface area contributed by atoms with Gasteiger partial charge in [0.05, 0.1) is 17.9 Å². The van der Waals surface area contributed by atoms with Gasteiger partial charge in [-0.2, -0.15) is 5.10 Å². The predicted molar refractivity (Wildman–Crippen MR) is 82.8 cm³/mol. The summed E-state index contributed by atoms with van der Waals surface area (Å²) < 4.78 is 2.02. The van der Waals surface area contributed by atoms with Crippen LogP contribution in [0.2, 0.25) is 0 Å². The maximum absolute atomic E-state index is 12.1. The first-order valence-electron chi connectivity index (χ1n) is 6.19. The number of halogens is 1. The maximum Gasteiger partial charge on any atom is 0.283 e. The van der Waals surface area contributed by atoms with Crippen LogP contribution in [0.1, 0.15) is 31.2 Å². The molecular weight excluding hydrogens is 326 g/mol. The van der Waals surface area contributed by atoms with Crippen LogP contribution in [0.5, 0.6) is 0 Å². The Morgan fingerprint density at radius 2 is 2.37 bits per heavy atom. The van der Waals surface area contributed by atoms with E-state index in [0.29, 0.717) is 11.0 Å². The standard InChI is InChI=1S/C13H16BrN3OS/c1-3-6-17-13(18)12(14)10(8-15-17)16-9(2)11-5-4-7-19-11/h4-5,7-9,16H,3,6H2,1-2H3. The zero-order valence-electron chi connectivity index (χ0n) is 10.9. The highest BCUT2D eigenvalue weighted by Crippen LogP contribution is 2.25. The van der Waals surface area contributed by atoms with E-state index in [2.05, 4.69) is 39.3 Å². The van der Waals surface area contributed by atoms with E-state index in [1.165, 1.54) is 9.56 Å². The fourth-order valence-corrected chi connectivity index (χ4v) is 2.93. The van der Waals surface area contributed by atoms with Gasteiger partial charge >= 0.3 is 0 Å². The Hall–Kier alpha value is -1.14. The van der Waals surface area contributed by atoms with Crippen molar-refractivity contribution >= 4 is 33.0 Å². The Labute approximate surface area is 124 Å². The fourth-order valence-electron chi connectivity index (χ4n) is 1.78. The number of aromatic nitrogens is 2. The molecule has 2 aromatic rings. The zero-order chi connectivity index (χ0) is 13.8. The lowest BCUT2D eigenvalue weighted by Gasteiger charge is -2.15. The van der Waals surface area contributed by atoms with Crippen LogP contribution >= 0.6 is 27.3 Å². The normalized spacial score (nSPS) is 12.4. The lowest BCUT2D eigenvalue weighted by molar-refractivity contribution is 0.565. The minimum absolute atomic E-state index is 0.0924. The molecule has 0 aliphatic carbocycles. The van der Waals surface area contributed by atoms with Crippen molar-refractivity contribution in [1.82, 2.24) is 9.78 Å². The summed E-state index contributed by atoms with van der Waals surface area (Å²) >= 11 is 5.05. The molecule has 0 bridgehead atoms. The van der Waals surface area contributed by atoms with Crippen LogP contribution in [0.25, 0.3) is 0 Å². The molecule has 0 saturated carbocycles. The number of rotatable bonds is 5. The molecule has 4 nitrogen and oxygen atoms in total. The molecule has 2 rings (SSSR count). The van der Waals surface area contributed by atoms with E-state index < -0.39 is 0 Å². The Kier molecular flexibility index (Phi) is 4.76. The van der Waals surface area contributed by atoms with Gasteiger partial charge in [0.25, 0.3) is 5.56 Å². The Balaban J connectivity index is 2.22. The second-order valence-corrected chi connectivity index (χ2v) is 6.05. The van der Waals surface area contributed by atoms with Crippen molar-refractivity contribution in [2.24, 2.45) is 0 Å². The molecule has 0 amide bonds. The molecule has 0 fully saturated rings. The second-order valence-electron chi connectivity index (χ2n) is 4.28. The molecule has 0 aliphatic heterocycles. The highest BCUT2D eigenvalue weighted by molar-refractivity contribution is 9.10. The topological polar surface area (TPSA) is 46.9 Å². The van der Waals surface area contributed by atoms with Gasteiger partial charge in [-0.3, -0.25) is 4.79 Å². The Morgan fingerprint density at radius 1 is 1.58 bits per heavy atom. The molecule has 0 aromatic carbocycles. The lowest BCUT2D eigenvalue weighted by Crippen LogP contribution is -2.24. The van der Waals surface area contributed by atoms with Crippen LogP contribution < -0.4 is 10.9 Å². The first-order chi connectivity index (χ1) is 9.13. The smallest absolute Gasteiger partial charge is 0.283 e. The molecule has 0 aliphatic rings. The van der Waals surface area contributed by atoms with Crippen molar-refractivity contribution in [2.45, 2.75) is 32.9 Å². The maximum atomic E-state index is 12.1. The number of nitrogens with zero attached hydrogens (tertiary/aromatic N) is 2. The van der Waals surface area contributed by atoms with E-state index in [-0.39, 0.29) is 11.6 Å². The minimum Gasteiger partial charge on any atom is -0.375 e. The molecule has 2 aromatic heterocycles. The van der Waals surface area contributed by atoms with Crippen LogP contribution in [0.15, 0.2) is 33.0 Å². The first kappa shape index (κ1) is 14.3. The molecule has 1 N–H and O–H groups in total. The number of hydrogen-bond acceptors (Lipinski definition) is 4. The van der Waals surface area contributed by atoms with Crippen molar-refractivity contribution in [3.8, 4) is 0 Å². The van der Waals surface area contributed by atoms with Crippen molar-refractivity contribution in [2.75, 3.05) is 5.32 Å². The van der Waals surface area contributed by atoms with Gasteiger partial charge in [0.15, 0.2) is 0 Å². The molecule has 1 atom stereocenters. The van der Waals surface area contributed by atoms with Crippen LogP contribution in [0, 0.1) is 0 Å². The van der Waals surface area contributed by atoms with Gasteiger partial charge in [-0.1, -0.05) is 13.0 Å². The van der Waals surface area contributed by atoms with Gasteiger partial charge in [0.2, 0.25) is 0 Å². The summed E-state index contributed by atoms with van der Waals surface area (Å²) in [7, 11) is 0. The first-order valence-corrected chi connectivity index (χ1v) is 7.86. The molecule has 0 radical (unpaired) electrons. The van der Waals surface area contributed by atoms with Crippen LogP contribution in [-0.2, 0) is 6.54 Å². The average molecular weight is 342 g/mol. The van der Waals surface area contributed by atoms with Crippen molar-refractivity contribution in [3.63, 3.8) is 0 Å². The van der Waals surface area contributed by atoms with Crippen molar-refractivity contribution in [1.29, 1.82) is 0 Å². The summed E-state index contributed by atoms with van der Waals surface area (Å²) in [4.78, 5) is 13.3. The number of anilines is 1. The average Bonchev–Trinajstić information content (AvgIpc) is 2.92. The predicted octanol–water partition coefficient (Wildman–Crippen LogP) is 3.65. The second kappa shape index (κ2) is 6.34. The zero-order valence-corrected chi connectivity index (χ0v) is 13.3. The van der Waals surface area contributed by atoms with E-state index >= 15 is 0 Å². The van der Waals surface area contributed by atoms with Crippen LogP contribution in [0.3, 0.4) is 0 Å². The summed E-state index contributed by atoms with van der Waals surface area (Å²) in [6.45, 7) is 4.72. The summed E-state index contributed by atoms with van der Waals surface area (Å²) in [5.74, 6) is 0. The summed E-state index contributed by atoms with van der Waals surface area (Å²) in [6, 6.07) is 4.24. The molecule has 19 heavy (non-hydrogen) atoms. The SMILES string of the molecule is CCCn1ncc(NC(C)c2cccs2)c(Br)c1=O. The fraction of sp³-hybridized carbons (Fsp3) is 0.385. The number of nitrogens with one attached hydrogen (secondary N) is 1. The molecule has 1 unspecified atom stereocenters.